The van der Waals surface area contributed by atoms with Gasteiger partial charge in [-0.3, -0.25) is 4.79 Å². The molecule has 1 aromatic carbocycles. The Morgan fingerprint density at radius 2 is 2.14 bits per heavy atom. The number of imidazole rings is 1. The van der Waals surface area contributed by atoms with Gasteiger partial charge >= 0.3 is 0 Å². The smallest absolute Gasteiger partial charge is 0.220 e. The Kier molecular flexibility index (Phi) is 4.19. The SMILES string of the molecule is CC(=O)N1CCCC1c1nc2ccccc2n1CCC(C)C. The second kappa shape index (κ2) is 6.11. The second-order valence-corrected chi connectivity index (χ2v) is 6.66. The van der Waals surface area contributed by atoms with E-state index >= 15 is 0 Å². The maximum Gasteiger partial charge on any atom is 0.220 e. The van der Waals surface area contributed by atoms with Crippen molar-refractivity contribution in [3.8, 4) is 0 Å². The number of amides is 1. The molecular formula is C18H25N3O. The van der Waals surface area contributed by atoms with E-state index in [4.69, 9.17) is 4.98 Å². The number of rotatable bonds is 4. The van der Waals surface area contributed by atoms with Gasteiger partial charge in [0.15, 0.2) is 0 Å². The van der Waals surface area contributed by atoms with Crippen molar-refractivity contribution < 1.29 is 4.79 Å². The molecule has 1 aliphatic heterocycles. The predicted molar refractivity (Wildman–Crippen MR) is 88.6 cm³/mol. The molecule has 2 aromatic rings. The minimum Gasteiger partial charge on any atom is -0.333 e. The van der Waals surface area contributed by atoms with E-state index in [2.05, 4.69) is 36.6 Å². The van der Waals surface area contributed by atoms with Crippen LogP contribution in [0.15, 0.2) is 24.3 Å². The first-order valence-electron chi connectivity index (χ1n) is 8.30. The van der Waals surface area contributed by atoms with E-state index in [1.54, 1.807) is 6.92 Å². The Bertz CT molecular complexity index is 674. The van der Waals surface area contributed by atoms with Crippen LogP contribution in [-0.2, 0) is 11.3 Å². The van der Waals surface area contributed by atoms with Crippen molar-refractivity contribution in [1.82, 2.24) is 14.5 Å². The van der Waals surface area contributed by atoms with E-state index in [9.17, 15) is 4.79 Å². The minimum absolute atomic E-state index is 0.136. The summed E-state index contributed by atoms with van der Waals surface area (Å²) in [5.74, 6) is 1.88. The fourth-order valence-corrected chi connectivity index (χ4v) is 3.38. The number of para-hydroxylation sites is 2. The van der Waals surface area contributed by atoms with Gasteiger partial charge in [0.1, 0.15) is 5.82 Å². The minimum atomic E-state index is 0.136. The van der Waals surface area contributed by atoms with Gasteiger partial charge in [-0.15, -0.1) is 0 Å². The average Bonchev–Trinajstić information content (AvgIpc) is 3.09. The van der Waals surface area contributed by atoms with E-state index in [0.29, 0.717) is 5.92 Å². The lowest BCUT2D eigenvalue weighted by molar-refractivity contribution is -0.129. The van der Waals surface area contributed by atoms with Crippen LogP contribution in [0.3, 0.4) is 0 Å². The standard InChI is InChI=1S/C18H25N3O/c1-13(2)10-12-21-16-8-5-4-7-15(16)19-18(21)17-9-6-11-20(17)14(3)22/h4-5,7-8,13,17H,6,9-12H2,1-3H3. The second-order valence-electron chi connectivity index (χ2n) is 6.66. The Labute approximate surface area is 132 Å². The summed E-state index contributed by atoms with van der Waals surface area (Å²) in [6.07, 6.45) is 3.21. The molecule has 4 heteroatoms. The lowest BCUT2D eigenvalue weighted by Crippen LogP contribution is -2.30. The molecule has 0 aliphatic carbocycles. The van der Waals surface area contributed by atoms with E-state index in [-0.39, 0.29) is 11.9 Å². The summed E-state index contributed by atoms with van der Waals surface area (Å²) in [6, 6.07) is 8.44. The summed E-state index contributed by atoms with van der Waals surface area (Å²) in [7, 11) is 0. The highest BCUT2D eigenvalue weighted by Gasteiger charge is 2.31. The van der Waals surface area contributed by atoms with E-state index in [0.717, 1.165) is 43.7 Å². The van der Waals surface area contributed by atoms with Crippen LogP contribution in [0.1, 0.15) is 51.9 Å². The normalized spacial score (nSPS) is 18.5. The first kappa shape index (κ1) is 15.1. The fourth-order valence-electron chi connectivity index (χ4n) is 3.38. The molecule has 0 spiro atoms. The number of hydrogen-bond acceptors (Lipinski definition) is 2. The number of nitrogens with zero attached hydrogens (tertiary/aromatic N) is 3. The van der Waals surface area contributed by atoms with Crippen molar-refractivity contribution in [2.75, 3.05) is 6.54 Å². The molecule has 0 bridgehead atoms. The maximum absolute atomic E-state index is 11.9. The Morgan fingerprint density at radius 1 is 1.36 bits per heavy atom. The molecule has 118 valence electrons. The van der Waals surface area contributed by atoms with Crippen LogP contribution < -0.4 is 0 Å². The molecule has 1 fully saturated rings. The van der Waals surface area contributed by atoms with Gasteiger partial charge in [-0.1, -0.05) is 26.0 Å². The molecule has 4 nitrogen and oxygen atoms in total. The summed E-state index contributed by atoms with van der Waals surface area (Å²) in [5, 5.41) is 0. The average molecular weight is 299 g/mol. The number of aryl methyl sites for hydroxylation is 1. The zero-order valence-corrected chi connectivity index (χ0v) is 13.7. The summed E-state index contributed by atoms with van der Waals surface area (Å²) in [6.45, 7) is 7.98. The van der Waals surface area contributed by atoms with E-state index in [1.165, 1.54) is 5.52 Å². The molecule has 3 rings (SSSR count). The number of hydrogen-bond donors (Lipinski definition) is 0. The molecule has 1 aromatic heterocycles. The van der Waals surface area contributed by atoms with E-state index in [1.807, 2.05) is 11.0 Å². The topological polar surface area (TPSA) is 38.1 Å². The van der Waals surface area contributed by atoms with Gasteiger partial charge in [0.2, 0.25) is 5.91 Å². The molecule has 1 atom stereocenters. The Morgan fingerprint density at radius 3 is 2.86 bits per heavy atom. The Balaban J connectivity index is 2.03. The third-order valence-corrected chi connectivity index (χ3v) is 4.57. The van der Waals surface area contributed by atoms with Crippen LogP contribution in [0.25, 0.3) is 11.0 Å². The third-order valence-electron chi connectivity index (χ3n) is 4.57. The van der Waals surface area contributed by atoms with Gasteiger partial charge in [0.25, 0.3) is 0 Å². The number of benzene rings is 1. The lowest BCUT2D eigenvalue weighted by Gasteiger charge is -2.24. The van der Waals surface area contributed by atoms with Crippen molar-refractivity contribution in [3.63, 3.8) is 0 Å². The molecule has 0 saturated carbocycles. The molecule has 2 heterocycles. The summed E-state index contributed by atoms with van der Waals surface area (Å²) in [4.78, 5) is 18.8. The van der Waals surface area contributed by atoms with Crippen LogP contribution in [0, 0.1) is 5.92 Å². The van der Waals surface area contributed by atoms with Gasteiger partial charge < -0.3 is 9.47 Å². The van der Waals surface area contributed by atoms with Crippen molar-refractivity contribution in [2.45, 2.75) is 52.6 Å². The summed E-state index contributed by atoms with van der Waals surface area (Å²) in [5.41, 5.74) is 2.23. The maximum atomic E-state index is 11.9. The zero-order valence-electron chi connectivity index (χ0n) is 13.7. The summed E-state index contributed by atoms with van der Waals surface area (Å²) < 4.78 is 2.33. The molecular weight excluding hydrogens is 274 g/mol. The number of carbonyl (C=O) groups excluding carboxylic acids is 1. The molecule has 22 heavy (non-hydrogen) atoms. The molecule has 1 unspecified atom stereocenters. The number of fused-ring (bicyclic) bond motifs is 1. The molecule has 1 saturated heterocycles. The van der Waals surface area contributed by atoms with Crippen molar-refractivity contribution >= 4 is 16.9 Å². The molecule has 1 aliphatic rings. The monoisotopic (exact) mass is 299 g/mol. The van der Waals surface area contributed by atoms with Gasteiger partial charge in [-0.2, -0.15) is 0 Å². The fraction of sp³-hybridized carbons (Fsp3) is 0.556. The van der Waals surface area contributed by atoms with Crippen LogP contribution in [-0.4, -0.2) is 26.9 Å². The Hall–Kier alpha value is -1.84. The van der Waals surface area contributed by atoms with Crippen LogP contribution >= 0.6 is 0 Å². The van der Waals surface area contributed by atoms with Gasteiger partial charge in [-0.05, 0) is 37.3 Å². The van der Waals surface area contributed by atoms with Crippen molar-refractivity contribution in [1.29, 1.82) is 0 Å². The highest BCUT2D eigenvalue weighted by atomic mass is 16.2. The van der Waals surface area contributed by atoms with Gasteiger partial charge in [-0.25, -0.2) is 4.98 Å². The third kappa shape index (κ3) is 2.74. The van der Waals surface area contributed by atoms with Crippen LogP contribution in [0.5, 0.6) is 0 Å². The molecule has 1 amide bonds. The van der Waals surface area contributed by atoms with E-state index < -0.39 is 0 Å². The predicted octanol–water partition coefficient (Wildman–Crippen LogP) is 3.77. The molecule has 0 N–H and O–H groups in total. The summed E-state index contributed by atoms with van der Waals surface area (Å²) >= 11 is 0. The largest absolute Gasteiger partial charge is 0.333 e. The van der Waals surface area contributed by atoms with Crippen LogP contribution in [0.4, 0.5) is 0 Å². The number of carbonyl (C=O) groups is 1. The quantitative estimate of drug-likeness (QED) is 0.862. The van der Waals surface area contributed by atoms with Gasteiger partial charge in [0, 0.05) is 20.0 Å². The number of aromatic nitrogens is 2. The van der Waals surface area contributed by atoms with Gasteiger partial charge in [0.05, 0.1) is 17.1 Å². The highest BCUT2D eigenvalue weighted by Crippen LogP contribution is 2.33. The first-order chi connectivity index (χ1) is 10.6. The lowest BCUT2D eigenvalue weighted by atomic mass is 10.1. The molecule has 0 radical (unpaired) electrons. The number of likely N-dealkylation sites (tertiary alicyclic amines) is 1. The van der Waals surface area contributed by atoms with Crippen molar-refractivity contribution in [3.05, 3.63) is 30.1 Å². The van der Waals surface area contributed by atoms with Crippen LogP contribution in [0.2, 0.25) is 0 Å². The highest BCUT2D eigenvalue weighted by molar-refractivity contribution is 5.77. The first-order valence-corrected chi connectivity index (χ1v) is 8.30. The zero-order chi connectivity index (χ0) is 15.7. The van der Waals surface area contributed by atoms with Crippen molar-refractivity contribution in [2.24, 2.45) is 5.92 Å².